The zero-order valence-electron chi connectivity index (χ0n) is 13.8. The Morgan fingerprint density at radius 2 is 2.00 bits per heavy atom. The number of halogens is 1. The van der Waals surface area contributed by atoms with Crippen molar-refractivity contribution in [2.24, 2.45) is 5.14 Å². The van der Waals surface area contributed by atoms with Gasteiger partial charge in [-0.05, 0) is 37.5 Å². The van der Waals surface area contributed by atoms with Gasteiger partial charge in [0.05, 0.1) is 33.9 Å². The lowest BCUT2D eigenvalue weighted by atomic mass is 9.82. The van der Waals surface area contributed by atoms with E-state index in [1.807, 2.05) is 0 Å². The number of benzene rings is 1. The summed E-state index contributed by atoms with van der Waals surface area (Å²) in [5, 5.41) is 10.8. The van der Waals surface area contributed by atoms with Gasteiger partial charge in [0.1, 0.15) is 0 Å². The first-order chi connectivity index (χ1) is 11.8. The van der Waals surface area contributed by atoms with Gasteiger partial charge >= 0.3 is 6.03 Å². The molecule has 4 N–H and O–H groups in total. The Labute approximate surface area is 152 Å². The van der Waals surface area contributed by atoms with E-state index in [4.69, 9.17) is 21.5 Å². The number of hydrogen-bond acceptors (Lipinski definition) is 4. The van der Waals surface area contributed by atoms with Crippen molar-refractivity contribution in [3.05, 3.63) is 23.2 Å². The summed E-state index contributed by atoms with van der Waals surface area (Å²) < 4.78 is 28.8. The maximum Gasteiger partial charge on any atom is 0.319 e. The van der Waals surface area contributed by atoms with Gasteiger partial charge in [0, 0.05) is 0 Å². The number of amides is 2. The second-order valence-electron chi connectivity index (χ2n) is 6.74. The van der Waals surface area contributed by atoms with Gasteiger partial charge in [0.25, 0.3) is 0 Å². The second-order valence-corrected chi connectivity index (χ2v) is 8.71. The highest BCUT2D eigenvalue weighted by Crippen LogP contribution is 2.39. The summed E-state index contributed by atoms with van der Waals surface area (Å²) >= 11 is 6.02. The molecule has 138 valence electrons. The van der Waals surface area contributed by atoms with Crippen molar-refractivity contribution in [3.63, 3.8) is 0 Å². The standard InChI is InChI=1S/C16H22ClN3O4S/c17-13-5-4-12(25(18,22)23)8-14(13)20-15(21)19-11-9-16(24-10-11)6-2-1-3-7-16/h4-5,8,11H,1-3,6-7,9-10H2,(H2,18,22,23)(H2,19,20,21). The molecule has 1 atom stereocenters. The number of sulfonamides is 1. The number of nitrogens with two attached hydrogens (primary N) is 1. The fraction of sp³-hybridized carbons (Fsp3) is 0.562. The number of ether oxygens (including phenoxy) is 1. The van der Waals surface area contributed by atoms with Gasteiger partial charge in [0.2, 0.25) is 10.0 Å². The van der Waals surface area contributed by atoms with Gasteiger partial charge in [-0.3, -0.25) is 0 Å². The topological polar surface area (TPSA) is 111 Å². The molecule has 1 aliphatic heterocycles. The third-order valence-corrected chi connectivity index (χ3v) is 6.06. The average molecular weight is 388 g/mol. The smallest absolute Gasteiger partial charge is 0.319 e. The number of hydrogen-bond donors (Lipinski definition) is 3. The summed E-state index contributed by atoms with van der Waals surface area (Å²) in [6.07, 6.45) is 6.43. The van der Waals surface area contributed by atoms with E-state index >= 15 is 0 Å². The van der Waals surface area contributed by atoms with Crippen LogP contribution in [-0.2, 0) is 14.8 Å². The van der Waals surface area contributed by atoms with Gasteiger partial charge in [-0.1, -0.05) is 30.9 Å². The molecule has 1 aliphatic carbocycles. The van der Waals surface area contributed by atoms with Gasteiger partial charge in [0.15, 0.2) is 0 Å². The monoisotopic (exact) mass is 387 g/mol. The summed E-state index contributed by atoms with van der Waals surface area (Å²) in [5.41, 5.74) is 0.0958. The summed E-state index contributed by atoms with van der Waals surface area (Å²) in [4.78, 5) is 12.1. The fourth-order valence-corrected chi connectivity index (χ4v) is 4.31. The molecule has 0 radical (unpaired) electrons. The lowest BCUT2D eigenvalue weighted by Crippen LogP contribution is -2.39. The van der Waals surface area contributed by atoms with Gasteiger partial charge < -0.3 is 15.4 Å². The van der Waals surface area contributed by atoms with Crippen LogP contribution in [0.2, 0.25) is 5.02 Å². The molecule has 1 saturated heterocycles. The highest BCUT2D eigenvalue weighted by Gasteiger charge is 2.41. The molecule has 1 aromatic rings. The molecule has 2 amide bonds. The van der Waals surface area contributed by atoms with E-state index in [0.29, 0.717) is 6.61 Å². The minimum absolute atomic E-state index is 0.0710. The molecule has 9 heteroatoms. The van der Waals surface area contributed by atoms with E-state index in [1.165, 1.54) is 24.6 Å². The Bertz CT molecular complexity index is 763. The van der Waals surface area contributed by atoms with Crippen LogP contribution in [0, 0.1) is 0 Å². The number of carbonyl (C=O) groups is 1. The van der Waals surface area contributed by atoms with Crippen LogP contribution in [0.25, 0.3) is 0 Å². The zero-order valence-corrected chi connectivity index (χ0v) is 15.3. The van der Waals surface area contributed by atoms with E-state index in [1.54, 1.807) is 0 Å². The van der Waals surface area contributed by atoms with Crippen LogP contribution < -0.4 is 15.8 Å². The Morgan fingerprint density at radius 1 is 1.28 bits per heavy atom. The van der Waals surface area contributed by atoms with E-state index in [9.17, 15) is 13.2 Å². The van der Waals surface area contributed by atoms with E-state index < -0.39 is 16.1 Å². The predicted octanol–water partition coefficient (Wildman–Crippen LogP) is 2.60. The van der Waals surface area contributed by atoms with Crippen molar-refractivity contribution >= 4 is 33.3 Å². The number of carbonyl (C=O) groups excluding carboxylic acids is 1. The van der Waals surface area contributed by atoms with Gasteiger partial charge in [-0.2, -0.15) is 0 Å². The summed E-state index contributed by atoms with van der Waals surface area (Å²) in [5.74, 6) is 0. The molecule has 0 bridgehead atoms. The van der Waals surface area contributed by atoms with Crippen molar-refractivity contribution in [2.45, 2.75) is 55.1 Å². The molecule has 0 aromatic heterocycles. The number of rotatable bonds is 3. The Kier molecular flexibility index (Phi) is 5.24. The molecule has 7 nitrogen and oxygen atoms in total. The van der Waals surface area contributed by atoms with Crippen LogP contribution >= 0.6 is 11.6 Å². The van der Waals surface area contributed by atoms with Crippen molar-refractivity contribution in [2.75, 3.05) is 11.9 Å². The molecular weight excluding hydrogens is 366 g/mol. The molecule has 1 heterocycles. The summed E-state index contributed by atoms with van der Waals surface area (Å²) in [6, 6.07) is 3.39. The van der Waals surface area contributed by atoms with Crippen LogP contribution in [-0.4, -0.2) is 32.7 Å². The Balaban J connectivity index is 1.62. The lowest BCUT2D eigenvalue weighted by molar-refractivity contribution is -0.0245. The normalized spacial score (nSPS) is 22.7. The SMILES string of the molecule is NS(=O)(=O)c1ccc(Cl)c(NC(=O)NC2COC3(CCCCC3)C2)c1. The van der Waals surface area contributed by atoms with Crippen LogP contribution in [0.4, 0.5) is 10.5 Å². The third-order valence-electron chi connectivity index (χ3n) is 4.82. The molecule has 3 rings (SSSR count). The molecule has 25 heavy (non-hydrogen) atoms. The van der Waals surface area contributed by atoms with Gasteiger partial charge in [-0.15, -0.1) is 0 Å². The number of anilines is 1. The lowest BCUT2D eigenvalue weighted by Gasteiger charge is -2.32. The highest BCUT2D eigenvalue weighted by atomic mass is 35.5. The van der Waals surface area contributed by atoms with E-state index in [-0.39, 0.29) is 27.2 Å². The summed E-state index contributed by atoms with van der Waals surface area (Å²) in [7, 11) is -3.87. The number of nitrogens with one attached hydrogen (secondary N) is 2. The Hall–Kier alpha value is -1.35. The molecular formula is C16H22ClN3O4S. The van der Waals surface area contributed by atoms with Crippen LogP contribution in [0.1, 0.15) is 38.5 Å². The van der Waals surface area contributed by atoms with E-state index in [2.05, 4.69) is 10.6 Å². The largest absolute Gasteiger partial charge is 0.373 e. The van der Waals surface area contributed by atoms with Crippen molar-refractivity contribution < 1.29 is 17.9 Å². The quantitative estimate of drug-likeness (QED) is 0.740. The van der Waals surface area contributed by atoms with Gasteiger partial charge in [-0.25, -0.2) is 18.4 Å². The van der Waals surface area contributed by atoms with Crippen LogP contribution in [0.5, 0.6) is 0 Å². The number of primary sulfonamides is 1. The molecule has 1 spiro atoms. The first-order valence-electron chi connectivity index (χ1n) is 8.31. The molecule has 2 aliphatic rings. The molecule has 2 fully saturated rings. The van der Waals surface area contributed by atoms with Crippen LogP contribution in [0.3, 0.4) is 0 Å². The zero-order chi connectivity index (χ0) is 18.1. The fourth-order valence-electron chi connectivity index (χ4n) is 3.60. The average Bonchev–Trinajstić information content (AvgIpc) is 2.91. The first kappa shape index (κ1) is 18.4. The first-order valence-corrected chi connectivity index (χ1v) is 10.2. The minimum atomic E-state index is -3.87. The van der Waals surface area contributed by atoms with Crippen molar-refractivity contribution in [1.82, 2.24) is 5.32 Å². The second kappa shape index (κ2) is 7.11. The highest BCUT2D eigenvalue weighted by molar-refractivity contribution is 7.89. The number of urea groups is 1. The van der Waals surface area contributed by atoms with Crippen molar-refractivity contribution in [1.29, 1.82) is 0 Å². The summed E-state index contributed by atoms with van der Waals surface area (Å²) in [6.45, 7) is 0.484. The van der Waals surface area contributed by atoms with Crippen LogP contribution in [0.15, 0.2) is 23.1 Å². The molecule has 1 aromatic carbocycles. The van der Waals surface area contributed by atoms with Crippen molar-refractivity contribution in [3.8, 4) is 0 Å². The third kappa shape index (κ3) is 4.44. The molecule has 1 unspecified atom stereocenters. The Morgan fingerprint density at radius 3 is 2.68 bits per heavy atom. The maximum absolute atomic E-state index is 12.2. The molecule has 1 saturated carbocycles. The minimum Gasteiger partial charge on any atom is -0.373 e. The maximum atomic E-state index is 12.2. The van der Waals surface area contributed by atoms with E-state index in [0.717, 1.165) is 32.1 Å². The predicted molar refractivity (Wildman–Crippen MR) is 95.2 cm³/mol.